The molecule has 1 unspecified atom stereocenters. The first-order valence-electron chi connectivity index (χ1n) is 6.49. The van der Waals surface area contributed by atoms with E-state index in [1.165, 1.54) is 0 Å². The van der Waals surface area contributed by atoms with Crippen molar-refractivity contribution >= 4 is 23.2 Å². The van der Waals surface area contributed by atoms with E-state index < -0.39 is 0 Å². The smallest absolute Gasteiger partial charge is 0.238 e. The number of rotatable bonds is 5. The highest BCUT2D eigenvalue weighted by molar-refractivity contribution is 6.31. The molecule has 2 rings (SSSR count). The summed E-state index contributed by atoms with van der Waals surface area (Å²) in [4.78, 5) is 11.8. The number of nitrogens with one attached hydrogen (secondary N) is 2. The second-order valence-electron chi connectivity index (χ2n) is 4.54. The van der Waals surface area contributed by atoms with Crippen molar-refractivity contribution in [3.8, 4) is 0 Å². The van der Waals surface area contributed by atoms with Crippen LogP contribution in [0.25, 0.3) is 0 Å². The van der Waals surface area contributed by atoms with Crippen molar-refractivity contribution in [3.63, 3.8) is 0 Å². The monoisotopic (exact) mass is 288 g/mol. The van der Waals surface area contributed by atoms with Crippen LogP contribution in [0.4, 0.5) is 5.69 Å². The molecule has 20 heavy (non-hydrogen) atoms. The van der Waals surface area contributed by atoms with Crippen LogP contribution in [0.5, 0.6) is 0 Å². The van der Waals surface area contributed by atoms with Gasteiger partial charge >= 0.3 is 0 Å². The molecule has 0 bridgehead atoms. The Balaban J connectivity index is 1.86. The molecule has 0 radical (unpaired) electrons. The lowest BCUT2D eigenvalue weighted by atomic mass is 10.1. The first-order chi connectivity index (χ1) is 9.66. The molecule has 0 aliphatic rings. The lowest BCUT2D eigenvalue weighted by Crippen LogP contribution is -2.30. The highest BCUT2D eigenvalue weighted by Gasteiger charge is 2.10. The van der Waals surface area contributed by atoms with Gasteiger partial charge in [0.2, 0.25) is 5.91 Å². The number of carbonyl (C=O) groups excluding carboxylic acids is 1. The molecule has 4 heteroatoms. The van der Waals surface area contributed by atoms with E-state index in [0.717, 1.165) is 11.3 Å². The SMILES string of the molecule is CC(NCC(=O)Nc1ccccc1)c1ccccc1Cl. The number of amides is 1. The van der Waals surface area contributed by atoms with E-state index >= 15 is 0 Å². The third-order valence-electron chi connectivity index (χ3n) is 3.00. The van der Waals surface area contributed by atoms with Crippen molar-refractivity contribution in [2.45, 2.75) is 13.0 Å². The Morgan fingerprint density at radius 2 is 1.75 bits per heavy atom. The van der Waals surface area contributed by atoms with Crippen LogP contribution >= 0.6 is 11.6 Å². The Morgan fingerprint density at radius 1 is 1.10 bits per heavy atom. The number of hydrogen-bond donors (Lipinski definition) is 2. The van der Waals surface area contributed by atoms with Gasteiger partial charge in [-0.15, -0.1) is 0 Å². The first kappa shape index (κ1) is 14.6. The normalized spacial score (nSPS) is 11.9. The second kappa shape index (κ2) is 7.08. The molecule has 1 atom stereocenters. The van der Waals surface area contributed by atoms with Crippen molar-refractivity contribution in [2.75, 3.05) is 11.9 Å². The van der Waals surface area contributed by atoms with E-state index in [9.17, 15) is 4.79 Å². The fraction of sp³-hybridized carbons (Fsp3) is 0.188. The van der Waals surface area contributed by atoms with Crippen LogP contribution < -0.4 is 10.6 Å². The van der Waals surface area contributed by atoms with Gasteiger partial charge in [-0.3, -0.25) is 4.79 Å². The number of para-hydroxylation sites is 1. The van der Waals surface area contributed by atoms with E-state index in [1.807, 2.05) is 61.5 Å². The minimum absolute atomic E-state index is 0.0187. The molecule has 2 aromatic carbocycles. The molecule has 0 heterocycles. The van der Waals surface area contributed by atoms with E-state index in [-0.39, 0.29) is 18.5 Å². The summed E-state index contributed by atoms with van der Waals surface area (Å²) < 4.78 is 0. The molecule has 0 spiro atoms. The van der Waals surface area contributed by atoms with Crippen molar-refractivity contribution in [3.05, 3.63) is 65.2 Å². The van der Waals surface area contributed by atoms with Crippen LogP contribution in [0.3, 0.4) is 0 Å². The molecule has 0 aliphatic heterocycles. The lowest BCUT2D eigenvalue weighted by molar-refractivity contribution is -0.115. The Morgan fingerprint density at radius 3 is 2.45 bits per heavy atom. The second-order valence-corrected chi connectivity index (χ2v) is 4.95. The predicted molar refractivity (Wildman–Crippen MR) is 82.9 cm³/mol. The average Bonchev–Trinajstić information content (AvgIpc) is 2.46. The van der Waals surface area contributed by atoms with Gasteiger partial charge in [0.25, 0.3) is 0 Å². The van der Waals surface area contributed by atoms with E-state index in [2.05, 4.69) is 10.6 Å². The summed E-state index contributed by atoms with van der Waals surface area (Å²) in [6.45, 7) is 2.22. The van der Waals surface area contributed by atoms with Gasteiger partial charge in [0.05, 0.1) is 6.54 Å². The molecule has 1 amide bonds. The van der Waals surface area contributed by atoms with E-state index in [0.29, 0.717) is 5.02 Å². The number of halogens is 1. The standard InChI is InChI=1S/C16H17ClN2O/c1-12(14-9-5-6-10-15(14)17)18-11-16(20)19-13-7-3-2-4-8-13/h2-10,12,18H,11H2,1H3,(H,19,20). The quantitative estimate of drug-likeness (QED) is 0.882. The van der Waals surface area contributed by atoms with Crippen LogP contribution in [0.1, 0.15) is 18.5 Å². The molecule has 0 saturated carbocycles. The molecule has 2 N–H and O–H groups in total. The highest BCUT2D eigenvalue weighted by atomic mass is 35.5. The van der Waals surface area contributed by atoms with Crippen molar-refractivity contribution < 1.29 is 4.79 Å². The van der Waals surface area contributed by atoms with Gasteiger partial charge in [-0.25, -0.2) is 0 Å². The average molecular weight is 289 g/mol. The van der Waals surface area contributed by atoms with Gasteiger partial charge in [0.15, 0.2) is 0 Å². The van der Waals surface area contributed by atoms with Crippen LogP contribution in [-0.2, 0) is 4.79 Å². The predicted octanol–water partition coefficient (Wildman–Crippen LogP) is 3.63. The molecule has 0 aromatic heterocycles. The maximum atomic E-state index is 11.8. The van der Waals surface area contributed by atoms with E-state index in [1.54, 1.807) is 0 Å². The topological polar surface area (TPSA) is 41.1 Å². The minimum Gasteiger partial charge on any atom is -0.325 e. The maximum absolute atomic E-state index is 11.8. The van der Waals surface area contributed by atoms with Crippen LogP contribution in [-0.4, -0.2) is 12.5 Å². The summed E-state index contributed by atoms with van der Waals surface area (Å²) in [5.74, 6) is -0.0740. The largest absolute Gasteiger partial charge is 0.325 e. The molecular weight excluding hydrogens is 272 g/mol. The lowest BCUT2D eigenvalue weighted by Gasteiger charge is -2.15. The Labute approximate surface area is 124 Å². The first-order valence-corrected chi connectivity index (χ1v) is 6.87. The summed E-state index contributed by atoms with van der Waals surface area (Å²) in [5.41, 5.74) is 1.78. The number of benzene rings is 2. The van der Waals surface area contributed by atoms with Gasteiger partial charge in [-0.1, -0.05) is 48.0 Å². The van der Waals surface area contributed by atoms with Gasteiger partial charge in [0.1, 0.15) is 0 Å². The summed E-state index contributed by atoms with van der Waals surface area (Å²) in [5, 5.41) is 6.70. The van der Waals surface area contributed by atoms with Crippen LogP contribution in [0.2, 0.25) is 5.02 Å². The van der Waals surface area contributed by atoms with Crippen LogP contribution in [0.15, 0.2) is 54.6 Å². The Bertz CT molecular complexity index is 572. The van der Waals surface area contributed by atoms with Crippen LogP contribution in [0, 0.1) is 0 Å². The molecule has 3 nitrogen and oxygen atoms in total. The van der Waals surface area contributed by atoms with Crippen molar-refractivity contribution in [1.82, 2.24) is 5.32 Å². The van der Waals surface area contributed by atoms with Gasteiger partial charge < -0.3 is 10.6 Å². The zero-order chi connectivity index (χ0) is 14.4. The van der Waals surface area contributed by atoms with Gasteiger partial charge in [-0.05, 0) is 30.7 Å². The summed E-state index contributed by atoms with van der Waals surface area (Å²) in [6.07, 6.45) is 0. The zero-order valence-corrected chi connectivity index (χ0v) is 12.0. The molecular formula is C16H17ClN2O. The number of carbonyl (C=O) groups is 1. The maximum Gasteiger partial charge on any atom is 0.238 e. The number of anilines is 1. The van der Waals surface area contributed by atoms with Gasteiger partial charge in [0, 0.05) is 16.8 Å². The van der Waals surface area contributed by atoms with Crippen molar-refractivity contribution in [2.24, 2.45) is 0 Å². The Kier molecular flexibility index (Phi) is 5.16. The zero-order valence-electron chi connectivity index (χ0n) is 11.3. The highest BCUT2D eigenvalue weighted by Crippen LogP contribution is 2.21. The fourth-order valence-corrected chi connectivity index (χ4v) is 2.21. The summed E-state index contributed by atoms with van der Waals surface area (Å²) in [6, 6.07) is 17.0. The molecule has 2 aromatic rings. The molecule has 0 saturated heterocycles. The van der Waals surface area contributed by atoms with E-state index in [4.69, 9.17) is 11.6 Å². The third-order valence-corrected chi connectivity index (χ3v) is 3.34. The Hall–Kier alpha value is -1.84. The summed E-state index contributed by atoms with van der Waals surface area (Å²) in [7, 11) is 0. The molecule has 104 valence electrons. The van der Waals surface area contributed by atoms with Gasteiger partial charge in [-0.2, -0.15) is 0 Å². The minimum atomic E-state index is -0.0740. The molecule has 0 aliphatic carbocycles. The number of hydrogen-bond acceptors (Lipinski definition) is 2. The summed E-state index contributed by atoms with van der Waals surface area (Å²) >= 11 is 6.12. The molecule has 0 fully saturated rings. The van der Waals surface area contributed by atoms with Crippen molar-refractivity contribution in [1.29, 1.82) is 0 Å². The fourth-order valence-electron chi connectivity index (χ4n) is 1.91. The third kappa shape index (κ3) is 4.08.